The van der Waals surface area contributed by atoms with Crippen LogP contribution in [0.25, 0.3) is 0 Å². The summed E-state index contributed by atoms with van der Waals surface area (Å²) in [5, 5.41) is 11.8. The molecule has 0 aromatic carbocycles. The van der Waals surface area contributed by atoms with Gasteiger partial charge in [-0.05, 0) is 122 Å². The summed E-state index contributed by atoms with van der Waals surface area (Å²) < 4.78 is 22.8. The predicted octanol–water partition coefficient (Wildman–Crippen LogP) is 20.4. The van der Waals surface area contributed by atoms with Gasteiger partial charge in [0.2, 0.25) is 0 Å². The van der Waals surface area contributed by atoms with E-state index in [0.717, 1.165) is 141 Å². The molecule has 87 heavy (non-hydrogen) atoms. The highest BCUT2D eigenvalue weighted by molar-refractivity contribution is 5.70. The summed E-state index contributed by atoms with van der Waals surface area (Å²) in [6.07, 6.45) is 95.9. The van der Waals surface area contributed by atoms with Crippen molar-refractivity contribution in [1.29, 1.82) is 0 Å². The molecule has 0 fully saturated rings. The average molecular weight is 1210 g/mol. The van der Waals surface area contributed by atoms with Crippen LogP contribution in [-0.2, 0) is 33.3 Å². The fraction of sp³-hybridized carbons (Fsp3) is 0.628. The van der Waals surface area contributed by atoms with Gasteiger partial charge in [0.05, 0.1) is 40.3 Å². The van der Waals surface area contributed by atoms with E-state index < -0.39 is 24.3 Å². The van der Waals surface area contributed by atoms with Crippen molar-refractivity contribution in [2.75, 3.05) is 47.5 Å². The van der Waals surface area contributed by atoms with Crippen LogP contribution < -0.4 is 5.11 Å². The number of aliphatic carboxylic acids is 1. The van der Waals surface area contributed by atoms with Crippen molar-refractivity contribution in [2.24, 2.45) is 0 Å². The van der Waals surface area contributed by atoms with E-state index >= 15 is 0 Å². The Morgan fingerprint density at radius 1 is 0.345 bits per heavy atom. The molecule has 0 saturated carbocycles. The third-order valence-corrected chi connectivity index (χ3v) is 14.3. The van der Waals surface area contributed by atoms with E-state index in [2.05, 4.69) is 172 Å². The Balaban J connectivity index is 4.20. The largest absolute Gasteiger partial charge is 0.545 e. The molecule has 0 heterocycles. The lowest BCUT2D eigenvalue weighted by Crippen LogP contribution is -2.44. The highest BCUT2D eigenvalue weighted by Crippen LogP contribution is 2.16. The Bertz CT molecular complexity index is 1990. The number of hydrogen-bond acceptors (Lipinski definition) is 8. The van der Waals surface area contributed by atoms with E-state index in [4.69, 9.17) is 18.9 Å². The Kier molecular flexibility index (Phi) is 62.9. The molecule has 0 aliphatic carbocycles. The zero-order valence-electron chi connectivity index (χ0n) is 56.1. The van der Waals surface area contributed by atoms with Gasteiger partial charge in [0.15, 0.2) is 12.4 Å². The van der Waals surface area contributed by atoms with Gasteiger partial charge < -0.3 is 33.3 Å². The van der Waals surface area contributed by atoms with Gasteiger partial charge in [-0.1, -0.05) is 281 Å². The number of carbonyl (C=O) groups is 3. The van der Waals surface area contributed by atoms with Crippen LogP contribution >= 0.6 is 0 Å². The molecule has 0 amide bonds. The van der Waals surface area contributed by atoms with Crippen molar-refractivity contribution >= 4 is 17.9 Å². The molecule has 0 spiro atoms. The maximum absolute atomic E-state index is 12.9. The van der Waals surface area contributed by atoms with Gasteiger partial charge >= 0.3 is 11.9 Å². The van der Waals surface area contributed by atoms with Crippen LogP contribution in [0.3, 0.4) is 0 Å². The first-order valence-corrected chi connectivity index (χ1v) is 34.6. The Labute approximate surface area is 534 Å². The normalized spacial score (nSPS) is 13.7. The highest BCUT2D eigenvalue weighted by atomic mass is 16.7. The number of unbranched alkanes of at least 4 members (excludes halogenated alkanes) is 21. The number of quaternary nitrogens is 1. The van der Waals surface area contributed by atoms with E-state index in [-0.39, 0.29) is 38.6 Å². The van der Waals surface area contributed by atoms with Crippen LogP contribution in [-0.4, -0.2) is 82.3 Å². The second kappa shape index (κ2) is 66.9. The number of hydrogen-bond donors (Lipinski definition) is 0. The molecule has 0 radical (unpaired) electrons. The van der Waals surface area contributed by atoms with Gasteiger partial charge in [-0.25, -0.2) is 0 Å². The molecule has 0 aromatic rings. The summed E-state index contributed by atoms with van der Waals surface area (Å²) in [6, 6.07) is 0. The van der Waals surface area contributed by atoms with Crippen LogP contribution in [0.15, 0.2) is 158 Å². The number of carboxylic acid groups (broad SMARTS) is 1. The molecule has 2 atom stereocenters. The topological polar surface area (TPSA) is 111 Å². The fourth-order valence-electron chi connectivity index (χ4n) is 9.05. The Morgan fingerprint density at radius 3 is 0.920 bits per heavy atom. The molecule has 0 aliphatic heterocycles. The lowest BCUT2D eigenvalue weighted by Gasteiger charge is -2.26. The van der Waals surface area contributed by atoms with Gasteiger partial charge in [-0.15, -0.1) is 0 Å². The fourth-order valence-corrected chi connectivity index (χ4v) is 9.05. The van der Waals surface area contributed by atoms with Gasteiger partial charge in [-0.3, -0.25) is 9.59 Å². The van der Waals surface area contributed by atoms with Gasteiger partial charge in [0.25, 0.3) is 0 Å². The lowest BCUT2D eigenvalue weighted by atomic mass is 10.0. The summed E-state index contributed by atoms with van der Waals surface area (Å²) in [5.74, 6) is -2.30. The number of esters is 2. The zero-order chi connectivity index (χ0) is 63.3. The summed E-state index contributed by atoms with van der Waals surface area (Å²) in [5.41, 5.74) is 0. The molecule has 9 heteroatoms. The minimum atomic E-state index is -1.63. The summed E-state index contributed by atoms with van der Waals surface area (Å²) in [7, 11) is 5.92. The van der Waals surface area contributed by atoms with Crippen LogP contribution in [0.1, 0.15) is 258 Å². The molecule has 0 rings (SSSR count). The number of carboxylic acids is 1. The summed E-state index contributed by atoms with van der Waals surface area (Å²) in [6.45, 7) is 4.51. The minimum Gasteiger partial charge on any atom is -0.545 e. The summed E-state index contributed by atoms with van der Waals surface area (Å²) in [4.78, 5) is 37.5. The second-order valence-corrected chi connectivity index (χ2v) is 23.7. The SMILES string of the molecule is CC/C=C\C/C=C\C/C=C\C/C=C\C/C=C\C/C=C\C/C=C\CCCCCCCCCCCCCC(=O)OC(COC(=O)CCCCCCCCCCCC/C=C\C/C=C\C/C=C\C/C=C\C/C=C\C/C=C\CC)COC(OCC[N+](C)(C)C)C(=O)[O-]. The zero-order valence-corrected chi connectivity index (χ0v) is 56.1. The molecular formula is C78H127NO8. The van der Waals surface area contributed by atoms with Gasteiger partial charge in [0, 0.05) is 12.8 Å². The van der Waals surface area contributed by atoms with E-state index in [1.54, 1.807) is 0 Å². The predicted molar refractivity (Wildman–Crippen MR) is 370 cm³/mol. The quantitative estimate of drug-likeness (QED) is 0.0195. The maximum atomic E-state index is 12.9. The van der Waals surface area contributed by atoms with Crippen LogP contribution in [0.5, 0.6) is 0 Å². The molecule has 0 saturated heterocycles. The van der Waals surface area contributed by atoms with Crippen molar-refractivity contribution in [1.82, 2.24) is 0 Å². The number of rotatable bonds is 62. The Hall–Kier alpha value is -5.09. The summed E-state index contributed by atoms with van der Waals surface area (Å²) >= 11 is 0. The van der Waals surface area contributed by atoms with E-state index in [9.17, 15) is 19.5 Å². The first-order valence-electron chi connectivity index (χ1n) is 34.6. The van der Waals surface area contributed by atoms with Crippen molar-refractivity contribution in [3.8, 4) is 0 Å². The molecule has 9 nitrogen and oxygen atoms in total. The van der Waals surface area contributed by atoms with E-state index in [1.807, 2.05) is 21.1 Å². The maximum Gasteiger partial charge on any atom is 0.306 e. The van der Waals surface area contributed by atoms with Crippen molar-refractivity contribution in [2.45, 2.75) is 270 Å². The number of ether oxygens (including phenoxy) is 4. The lowest BCUT2D eigenvalue weighted by molar-refractivity contribution is -0.870. The molecule has 0 bridgehead atoms. The molecule has 0 aromatic heterocycles. The average Bonchev–Trinajstić information content (AvgIpc) is 3.59. The smallest absolute Gasteiger partial charge is 0.306 e. The molecule has 0 N–H and O–H groups in total. The standard InChI is InChI=1S/C78H127NO8/c1-6-8-10-12-14-16-18-20-22-24-26-28-30-32-34-36-37-38-39-41-43-45-47-49-51-53-55-57-59-61-63-65-67-69-76(81)87-74(73-86-78(77(82)83)84-71-70-79(3,4)5)72-85-75(80)68-66-64-62-60-58-56-54-52-50-48-46-44-42-40-35-33-31-29-27-25-23-21-19-17-15-13-11-9-7-2/h8-11,14-17,20-23,26-29,32-35,37-38,41-44,74,78H,6-7,12-13,18-19,24-25,30-31,36,39-40,45-73H2,1-5H3/b10-8-,11-9-,16-14-,17-15-,22-20-,23-21-,28-26-,29-27-,34-32-,35-33-,38-37-,43-41-,44-42-. The van der Waals surface area contributed by atoms with Crippen molar-refractivity contribution in [3.63, 3.8) is 0 Å². The van der Waals surface area contributed by atoms with E-state index in [0.29, 0.717) is 17.4 Å². The van der Waals surface area contributed by atoms with Crippen LogP contribution in [0, 0.1) is 0 Å². The van der Waals surface area contributed by atoms with Crippen LogP contribution in [0.2, 0.25) is 0 Å². The number of nitrogens with zero attached hydrogens (tertiary/aromatic N) is 1. The molecule has 0 aliphatic rings. The Morgan fingerprint density at radius 2 is 0.621 bits per heavy atom. The van der Waals surface area contributed by atoms with Gasteiger partial charge in [0.1, 0.15) is 13.2 Å². The highest BCUT2D eigenvalue weighted by Gasteiger charge is 2.22. The number of carbonyl (C=O) groups excluding carboxylic acids is 3. The number of likely N-dealkylation sites (N-methyl/N-ethyl adjacent to an activating group) is 1. The first-order chi connectivity index (χ1) is 42.6. The molecule has 2 unspecified atom stereocenters. The molecular weight excluding hydrogens is 1080 g/mol. The number of allylic oxidation sites excluding steroid dienone is 26. The first kappa shape index (κ1) is 81.9. The molecule has 492 valence electrons. The van der Waals surface area contributed by atoms with Crippen LogP contribution in [0.4, 0.5) is 0 Å². The third kappa shape index (κ3) is 68.3. The monoisotopic (exact) mass is 1210 g/mol. The van der Waals surface area contributed by atoms with Gasteiger partial charge in [-0.2, -0.15) is 0 Å². The third-order valence-electron chi connectivity index (χ3n) is 14.3. The van der Waals surface area contributed by atoms with Crippen molar-refractivity contribution < 1.29 is 42.9 Å². The minimum absolute atomic E-state index is 0.139. The second-order valence-electron chi connectivity index (χ2n) is 23.7. The van der Waals surface area contributed by atoms with Crippen molar-refractivity contribution in [3.05, 3.63) is 158 Å². The van der Waals surface area contributed by atoms with E-state index in [1.165, 1.54) is 83.5 Å².